The van der Waals surface area contributed by atoms with Gasteiger partial charge in [-0.3, -0.25) is 0 Å². The zero-order chi connectivity index (χ0) is 14.8. The predicted molar refractivity (Wildman–Crippen MR) is 85.1 cm³/mol. The number of oxime groups is 1. The van der Waals surface area contributed by atoms with E-state index in [0.29, 0.717) is 16.4 Å². The van der Waals surface area contributed by atoms with Crippen LogP contribution in [-0.2, 0) is 0 Å². The number of nitrogens with zero attached hydrogens (tertiary/aromatic N) is 3. The fraction of sp³-hybridized carbons (Fsp3) is 0.538. The molecule has 1 aromatic heterocycles. The van der Waals surface area contributed by atoms with Gasteiger partial charge < -0.3 is 15.8 Å². The molecule has 7 heteroatoms. The number of amidine groups is 1. The molecule has 0 spiro atoms. The molecule has 2 heterocycles. The zero-order valence-electron chi connectivity index (χ0n) is 11.6. The van der Waals surface area contributed by atoms with Crippen LogP contribution in [0.4, 0.5) is 5.82 Å². The van der Waals surface area contributed by atoms with Crippen molar-refractivity contribution < 1.29 is 5.21 Å². The number of hydrogen-bond acceptors (Lipinski definition) is 5. The summed E-state index contributed by atoms with van der Waals surface area (Å²) in [5.74, 6) is 1.73. The molecule has 110 valence electrons. The minimum absolute atomic E-state index is 0.00294. The van der Waals surface area contributed by atoms with Crippen molar-refractivity contribution in [3.8, 4) is 0 Å². The van der Waals surface area contributed by atoms with Crippen LogP contribution in [0.25, 0.3) is 0 Å². The Kier molecular flexibility index (Phi) is 4.65. The minimum atomic E-state index is 0.00294. The molecular weight excluding hydrogens is 296 g/mol. The van der Waals surface area contributed by atoms with Gasteiger partial charge in [0.25, 0.3) is 0 Å². The average molecular weight is 315 g/mol. The second-order valence-electron chi connectivity index (χ2n) is 5.33. The number of hydrogen-bond donors (Lipinski definition) is 2. The first-order chi connectivity index (χ1) is 9.44. The van der Waals surface area contributed by atoms with Gasteiger partial charge in [0.2, 0.25) is 0 Å². The van der Waals surface area contributed by atoms with Crippen molar-refractivity contribution >= 4 is 35.0 Å². The average Bonchev–Trinajstić information content (AvgIpc) is 2.59. The van der Waals surface area contributed by atoms with Crippen LogP contribution in [0.1, 0.15) is 25.8 Å². The van der Waals surface area contributed by atoms with E-state index >= 15 is 0 Å². The zero-order valence-corrected chi connectivity index (χ0v) is 13.2. The van der Waals surface area contributed by atoms with Gasteiger partial charge in [0.15, 0.2) is 5.84 Å². The Hall–Kier alpha value is -1.14. The van der Waals surface area contributed by atoms with E-state index in [2.05, 4.69) is 28.9 Å². The third-order valence-corrected chi connectivity index (χ3v) is 5.14. The van der Waals surface area contributed by atoms with E-state index in [9.17, 15) is 0 Å². The fourth-order valence-corrected chi connectivity index (χ4v) is 3.56. The summed E-state index contributed by atoms with van der Waals surface area (Å²) in [6.07, 6.45) is 2.70. The van der Waals surface area contributed by atoms with Crippen molar-refractivity contribution in [2.75, 3.05) is 23.7 Å². The first-order valence-corrected chi connectivity index (χ1v) is 7.82. The molecule has 0 radical (unpaired) electrons. The van der Waals surface area contributed by atoms with Gasteiger partial charge in [0.05, 0.1) is 5.02 Å². The molecule has 0 aliphatic carbocycles. The highest BCUT2D eigenvalue weighted by Gasteiger charge is 2.25. The maximum absolute atomic E-state index is 8.79. The third kappa shape index (κ3) is 3.30. The highest BCUT2D eigenvalue weighted by molar-refractivity contribution is 8.00. The molecule has 0 aromatic carbocycles. The monoisotopic (exact) mass is 314 g/mol. The molecule has 1 fully saturated rings. The van der Waals surface area contributed by atoms with Gasteiger partial charge in [-0.1, -0.05) is 30.6 Å². The van der Waals surface area contributed by atoms with Crippen molar-refractivity contribution in [3.05, 3.63) is 22.8 Å². The van der Waals surface area contributed by atoms with Gasteiger partial charge >= 0.3 is 0 Å². The number of pyridine rings is 1. The lowest BCUT2D eigenvalue weighted by molar-refractivity contribution is 0.318. The van der Waals surface area contributed by atoms with Gasteiger partial charge in [-0.05, 0) is 12.5 Å². The molecule has 1 saturated heterocycles. The molecule has 5 nitrogen and oxygen atoms in total. The van der Waals surface area contributed by atoms with Gasteiger partial charge in [-0.25, -0.2) is 4.98 Å². The van der Waals surface area contributed by atoms with Crippen molar-refractivity contribution in [1.29, 1.82) is 0 Å². The van der Waals surface area contributed by atoms with Crippen molar-refractivity contribution in [1.82, 2.24) is 4.98 Å². The van der Waals surface area contributed by atoms with Gasteiger partial charge in [-0.2, -0.15) is 11.8 Å². The summed E-state index contributed by atoms with van der Waals surface area (Å²) < 4.78 is 0.268. The summed E-state index contributed by atoms with van der Waals surface area (Å²) in [4.78, 5) is 6.53. The molecule has 0 bridgehead atoms. The number of thioether (sulfide) groups is 1. The number of nitrogens with two attached hydrogens (primary N) is 1. The molecule has 0 atom stereocenters. The number of rotatable bonds is 2. The summed E-state index contributed by atoms with van der Waals surface area (Å²) >= 11 is 8.32. The van der Waals surface area contributed by atoms with E-state index in [1.165, 1.54) is 0 Å². The molecule has 3 N–H and O–H groups in total. The Bertz CT molecular complexity index is 521. The highest BCUT2D eigenvalue weighted by Crippen LogP contribution is 2.34. The molecular formula is C13H19ClN4OS. The lowest BCUT2D eigenvalue weighted by atomic mass is 10.1. The molecule has 0 unspecified atom stereocenters. The maximum atomic E-state index is 8.79. The molecule has 20 heavy (non-hydrogen) atoms. The lowest BCUT2D eigenvalue weighted by Gasteiger charge is -2.24. The number of halogens is 1. The topological polar surface area (TPSA) is 74.7 Å². The molecule has 1 aliphatic heterocycles. The quantitative estimate of drug-likeness (QED) is 0.380. The van der Waals surface area contributed by atoms with Crippen LogP contribution in [0, 0.1) is 0 Å². The Morgan fingerprint density at radius 3 is 3.00 bits per heavy atom. The Labute approximate surface area is 128 Å². The van der Waals surface area contributed by atoms with E-state index in [0.717, 1.165) is 25.3 Å². The standard InChI is InChI=1S/C13H19ClN4OS/c1-13(2)4-6-18(7-8-20-13)12-10(14)9(3-5-16-12)11(15)17-19/h3,5,19H,4,6-8H2,1-2H3,(H2,15,17). The third-order valence-electron chi connectivity index (χ3n) is 3.39. The summed E-state index contributed by atoms with van der Waals surface area (Å²) in [5.41, 5.74) is 6.14. The van der Waals surface area contributed by atoms with Crippen LogP contribution in [0.5, 0.6) is 0 Å². The van der Waals surface area contributed by atoms with Crippen molar-refractivity contribution in [2.45, 2.75) is 25.0 Å². The van der Waals surface area contributed by atoms with E-state index in [1.807, 2.05) is 11.8 Å². The number of anilines is 1. The normalized spacial score (nSPS) is 19.8. The number of aromatic nitrogens is 1. The van der Waals surface area contributed by atoms with Crippen LogP contribution in [0.15, 0.2) is 17.4 Å². The molecule has 1 aliphatic rings. The summed E-state index contributed by atoms with van der Waals surface area (Å²) in [5, 5.41) is 12.2. The van der Waals surface area contributed by atoms with Crippen LogP contribution >= 0.6 is 23.4 Å². The lowest BCUT2D eigenvalue weighted by Crippen LogP contribution is -2.28. The Morgan fingerprint density at radius 1 is 1.55 bits per heavy atom. The molecule has 0 saturated carbocycles. The molecule has 2 rings (SSSR count). The van der Waals surface area contributed by atoms with Crippen LogP contribution in [-0.4, -0.2) is 39.6 Å². The largest absolute Gasteiger partial charge is 0.409 e. The predicted octanol–water partition coefficient (Wildman–Crippen LogP) is 2.55. The van der Waals surface area contributed by atoms with Gasteiger partial charge in [0.1, 0.15) is 5.82 Å². The summed E-state index contributed by atoms with van der Waals surface area (Å²) in [7, 11) is 0. The van der Waals surface area contributed by atoms with Crippen molar-refractivity contribution in [3.63, 3.8) is 0 Å². The second-order valence-corrected chi connectivity index (χ2v) is 7.51. The molecule has 0 amide bonds. The molecule has 1 aromatic rings. The van der Waals surface area contributed by atoms with Crippen LogP contribution < -0.4 is 10.6 Å². The smallest absolute Gasteiger partial charge is 0.171 e. The first kappa shape index (κ1) is 15.3. The van der Waals surface area contributed by atoms with Crippen molar-refractivity contribution in [2.24, 2.45) is 10.9 Å². The van der Waals surface area contributed by atoms with E-state index in [-0.39, 0.29) is 10.6 Å². The van der Waals surface area contributed by atoms with E-state index < -0.39 is 0 Å². The van der Waals surface area contributed by atoms with E-state index in [4.69, 9.17) is 22.5 Å². The summed E-state index contributed by atoms with van der Waals surface area (Å²) in [6.45, 7) is 6.29. The SMILES string of the molecule is CC1(C)CCN(c2nccc(/C(N)=N/O)c2Cl)CCS1. The second kappa shape index (κ2) is 6.10. The van der Waals surface area contributed by atoms with Gasteiger partial charge in [0, 0.05) is 35.3 Å². The maximum Gasteiger partial charge on any atom is 0.171 e. The van der Waals surface area contributed by atoms with Gasteiger partial charge in [-0.15, -0.1) is 0 Å². The van der Waals surface area contributed by atoms with Crippen LogP contribution in [0.2, 0.25) is 5.02 Å². The highest BCUT2D eigenvalue weighted by atomic mass is 35.5. The Morgan fingerprint density at radius 2 is 2.30 bits per heavy atom. The fourth-order valence-electron chi connectivity index (χ4n) is 2.14. The minimum Gasteiger partial charge on any atom is -0.409 e. The Balaban J connectivity index is 2.29. The van der Waals surface area contributed by atoms with Crippen LogP contribution in [0.3, 0.4) is 0 Å². The first-order valence-electron chi connectivity index (χ1n) is 6.46. The van der Waals surface area contributed by atoms with E-state index in [1.54, 1.807) is 12.3 Å². The summed E-state index contributed by atoms with van der Waals surface area (Å²) in [6, 6.07) is 1.65.